The van der Waals surface area contributed by atoms with Crippen molar-refractivity contribution in [3.05, 3.63) is 53.6 Å². The van der Waals surface area contributed by atoms with Crippen LogP contribution < -0.4 is 20.9 Å². The van der Waals surface area contributed by atoms with Crippen LogP contribution in [0.4, 0.5) is 22.1 Å². The molecule has 1 saturated heterocycles. The maximum absolute atomic E-state index is 11.1. The summed E-state index contributed by atoms with van der Waals surface area (Å²) in [5.74, 6) is 2.18. The van der Waals surface area contributed by atoms with E-state index in [4.69, 9.17) is 20.4 Å². The number of amides is 2. The standard InChI is InChI=1S/C23H23N9O2/c24-11-17-12-26-13-20(27-17)32-6-5-18-19(14-32)29-21(30-22(18)31-7-9-34-10-8-31)15-1-3-16(4-2-15)28-23(25)33/h1-4,12-13H,5-10,14H2,(H3,25,28,33). The van der Waals surface area contributed by atoms with Crippen LogP contribution in [0.15, 0.2) is 36.7 Å². The number of nitrogens with two attached hydrogens (primary N) is 1. The van der Waals surface area contributed by atoms with Gasteiger partial charge in [0.25, 0.3) is 0 Å². The second-order valence-electron chi connectivity index (χ2n) is 8.01. The number of benzene rings is 1. The van der Waals surface area contributed by atoms with Crippen molar-refractivity contribution < 1.29 is 9.53 Å². The van der Waals surface area contributed by atoms with Crippen LogP contribution in [0.1, 0.15) is 17.0 Å². The van der Waals surface area contributed by atoms with E-state index < -0.39 is 6.03 Å². The van der Waals surface area contributed by atoms with Gasteiger partial charge < -0.3 is 25.6 Å². The Hall–Kier alpha value is -4.30. The van der Waals surface area contributed by atoms with Crippen molar-refractivity contribution in [3.8, 4) is 17.5 Å². The van der Waals surface area contributed by atoms with Gasteiger partial charge in [-0.1, -0.05) is 0 Å². The van der Waals surface area contributed by atoms with Gasteiger partial charge in [-0.05, 0) is 30.7 Å². The molecular weight excluding hydrogens is 434 g/mol. The average Bonchev–Trinajstić information content (AvgIpc) is 2.88. The van der Waals surface area contributed by atoms with Crippen molar-refractivity contribution in [2.24, 2.45) is 5.73 Å². The molecule has 3 N–H and O–H groups in total. The fourth-order valence-corrected chi connectivity index (χ4v) is 4.18. The number of carbonyl (C=O) groups is 1. The highest BCUT2D eigenvalue weighted by molar-refractivity contribution is 5.88. The van der Waals surface area contributed by atoms with Crippen molar-refractivity contribution in [3.63, 3.8) is 0 Å². The zero-order valence-electron chi connectivity index (χ0n) is 18.4. The highest BCUT2D eigenvalue weighted by atomic mass is 16.5. The summed E-state index contributed by atoms with van der Waals surface area (Å²) in [7, 11) is 0. The molecule has 3 aromatic rings. The first kappa shape index (κ1) is 21.5. The van der Waals surface area contributed by atoms with Crippen LogP contribution in [-0.4, -0.2) is 58.8 Å². The van der Waals surface area contributed by atoms with Crippen LogP contribution in [0.25, 0.3) is 11.4 Å². The van der Waals surface area contributed by atoms with E-state index in [1.54, 1.807) is 18.3 Å². The smallest absolute Gasteiger partial charge is 0.316 e. The normalized spacial score (nSPS) is 15.4. The van der Waals surface area contributed by atoms with Crippen LogP contribution in [0.3, 0.4) is 0 Å². The van der Waals surface area contributed by atoms with Gasteiger partial charge in [-0.3, -0.25) is 4.98 Å². The minimum absolute atomic E-state index is 0.283. The molecule has 172 valence electrons. The second kappa shape index (κ2) is 9.29. The van der Waals surface area contributed by atoms with Crippen molar-refractivity contribution in [1.82, 2.24) is 19.9 Å². The lowest BCUT2D eigenvalue weighted by atomic mass is 10.0. The molecule has 0 saturated carbocycles. The highest BCUT2D eigenvalue weighted by Crippen LogP contribution is 2.31. The molecule has 1 fully saturated rings. The van der Waals surface area contributed by atoms with Crippen LogP contribution in [0.2, 0.25) is 0 Å². The Morgan fingerprint density at radius 3 is 2.59 bits per heavy atom. The molecular formula is C23H23N9O2. The van der Waals surface area contributed by atoms with Crippen molar-refractivity contribution >= 4 is 23.4 Å². The Balaban J connectivity index is 1.52. The molecule has 0 unspecified atom stereocenters. The SMILES string of the molecule is N#Cc1cncc(N2CCc3c(nc(-c4ccc(NC(N)=O)cc4)nc3N3CCOCC3)C2)n1. The summed E-state index contributed by atoms with van der Waals surface area (Å²) in [5, 5.41) is 11.8. The number of ether oxygens (including phenoxy) is 1. The molecule has 11 heteroatoms. The number of nitrogens with zero attached hydrogens (tertiary/aromatic N) is 7. The number of primary amides is 1. The van der Waals surface area contributed by atoms with Crippen molar-refractivity contribution in [1.29, 1.82) is 5.26 Å². The summed E-state index contributed by atoms with van der Waals surface area (Å²) in [4.78, 5) is 33.9. The number of anilines is 3. The monoisotopic (exact) mass is 457 g/mol. The summed E-state index contributed by atoms with van der Waals surface area (Å²) < 4.78 is 5.54. The lowest BCUT2D eigenvalue weighted by Crippen LogP contribution is -2.39. The summed E-state index contributed by atoms with van der Waals surface area (Å²) in [6.45, 7) is 4.11. The molecule has 0 spiro atoms. The van der Waals surface area contributed by atoms with E-state index >= 15 is 0 Å². The largest absolute Gasteiger partial charge is 0.378 e. The Morgan fingerprint density at radius 2 is 1.85 bits per heavy atom. The van der Waals surface area contributed by atoms with Gasteiger partial charge >= 0.3 is 6.03 Å². The van der Waals surface area contributed by atoms with E-state index in [-0.39, 0.29) is 5.69 Å². The van der Waals surface area contributed by atoms with Gasteiger partial charge in [-0.15, -0.1) is 0 Å². The summed E-state index contributed by atoms with van der Waals surface area (Å²) in [6, 6.07) is 8.69. The number of fused-ring (bicyclic) bond motifs is 1. The molecule has 1 aromatic carbocycles. The Labute approximate surface area is 196 Å². The molecule has 2 aliphatic heterocycles. The van der Waals surface area contributed by atoms with Gasteiger partial charge in [0.2, 0.25) is 0 Å². The number of nitrogens with one attached hydrogen (secondary N) is 1. The topological polar surface area (TPSA) is 146 Å². The van der Waals surface area contributed by atoms with Crippen LogP contribution in [0, 0.1) is 11.3 Å². The Morgan fingerprint density at radius 1 is 1.06 bits per heavy atom. The predicted octanol–water partition coefficient (Wildman–Crippen LogP) is 1.70. The molecule has 5 rings (SSSR count). The van der Waals surface area contributed by atoms with Crippen LogP contribution in [-0.2, 0) is 17.7 Å². The number of hydrogen-bond acceptors (Lipinski definition) is 9. The molecule has 0 bridgehead atoms. The number of urea groups is 1. The molecule has 2 amide bonds. The van der Waals surface area contributed by atoms with E-state index in [1.165, 1.54) is 6.20 Å². The van der Waals surface area contributed by atoms with E-state index in [0.29, 0.717) is 37.1 Å². The average molecular weight is 457 g/mol. The minimum atomic E-state index is -0.615. The summed E-state index contributed by atoms with van der Waals surface area (Å²) >= 11 is 0. The second-order valence-corrected chi connectivity index (χ2v) is 8.01. The predicted molar refractivity (Wildman–Crippen MR) is 125 cm³/mol. The van der Waals surface area contributed by atoms with Gasteiger partial charge in [-0.25, -0.2) is 19.7 Å². The summed E-state index contributed by atoms with van der Waals surface area (Å²) in [6.07, 6.45) is 3.87. The van der Waals surface area contributed by atoms with Gasteiger partial charge in [0.05, 0.1) is 37.8 Å². The van der Waals surface area contributed by atoms with E-state index in [0.717, 1.165) is 48.7 Å². The molecule has 2 aromatic heterocycles. The molecule has 4 heterocycles. The highest BCUT2D eigenvalue weighted by Gasteiger charge is 2.27. The van der Waals surface area contributed by atoms with Gasteiger partial charge in [0, 0.05) is 36.4 Å². The third kappa shape index (κ3) is 4.44. The van der Waals surface area contributed by atoms with Gasteiger partial charge in [-0.2, -0.15) is 5.26 Å². The van der Waals surface area contributed by atoms with Crippen molar-refractivity contribution in [2.75, 3.05) is 48.0 Å². The molecule has 0 atom stereocenters. The first-order valence-electron chi connectivity index (χ1n) is 11.0. The van der Waals surface area contributed by atoms with E-state index in [2.05, 4.69) is 25.1 Å². The van der Waals surface area contributed by atoms with Crippen molar-refractivity contribution in [2.45, 2.75) is 13.0 Å². The number of rotatable bonds is 4. The molecule has 0 aliphatic carbocycles. The fraction of sp³-hybridized carbons (Fsp3) is 0.304. The van der Waals surface area contributed by atoms with E-state index in [1.807, 2.05) is 18.2 Å². The molecule has 2 aliphatic rings. The van der Waals surface area contributed by atoms with Gasteiger partial charge in [0.1, 0.15) is 17.7 Å². The Bertz CT molecular complexity index is 1250. The fourth-order valence-electron chi connectivity index (χ4n) is 4.18. The lowest BCUT2D eigenvalue weighted by Gasteiger charge is -2.34. The van der Waals surface area contributed by atoms with E-state index in [9.17, 15) is 10.1 Å². The molecule has 11 nitrogen and oxygen atoms in total. The van der Waals surface area contributed by atoms with Crippen LogP contribution >= 0.6 is 0 Å². The third-order valence-electron chi connectivity index (χ3n) is 5.82. The minimum Gasteiger partial charge on any atom is -0.378 e. The van der Waals surface area contributed by atoms with Crippen LogP contribution in [0.5, 0.6) is 0 Å². The maximum Gasteiger partial charge on any atom is 0.316 e. The quantitative estimate of drug-likeness (QED) is 0.597. The Kier molecular flexibility index (Phi) is 5.88. The first-order chi connectivity index (χ1) is 16.6. The van der Waals surface area contributed by atoms with Gasteiger partial charge in [0.15, 0.2) is 11.5 Å². The number of morpholine rings is 1. The lowest BCUT2D eigenvalue weighted by molar-refractivity contribution is 0.122. The molecule has 0 radical (unpaired) electrons. The third-order valence-corrected chi connectivity index (χ3v) is 5.82. The first-order valence-corrected chi connectivity index (χ1v) is 11.0. The number of hydrogen-bond donors (Lipinski definition) is 2. The number of carbonyl (C=O) groups excluding carboxylic acids is 1. The summed E-state index contributed by atoms with van der Waals surface area (Å²) in [5.41, 5.74) is 8.96. The zero-order valence-corrected chi connectivity index (χ0v) is 18.4. The molecule has 34 heavy (non-hydrogen) atoms. The zero-order chi connectivity index (χ0) is 23.5. The number of aromatic nitrogens is 4. The maximum atomic E-state index is 11.1. The number of nitriles is 1.